The van der Waals surface area contributed by atoms with E-state index in [2.05, 4.69) is 76.3 Å². The summed E-state index contributed by atoms with van der Waals surface area (Å²) in [5.41, 5.74) is 6.56. The van der Waals surface area contributed by atoms with Gasteiger partial charge in [0.1, 0.15) is 11.5 Å². The zero-order valence-electron chi connectivity index (χ0n) is 23.0. The summed E-state index contributed by atoms with van der Waals surface area (Å²) >= 11 is 0. The highest BCUT2D eigenvalue weighted by Gasteiger charge is 2.32. The van der Waals surface area contributed by atoms with Crippen molar-refractivity contribution in [2.75, 3.05) is 40.6 Å². The van der Waals surface area contributed by atoms with Crippen molar-refractivity contribution in [3.63, 3.8) is 0 Å². The van der Waals surface area contributed by atoms with Crippen LogP contribution in [0.25, 0.3) is 12.2 Å². The largest absolute Gasteiger partial charge is 0.493 e. The Balaban J connectivity index is 2.67. The van der Waals surface area contributed by atoms with Crippen molar-refractivity contribution < 1.29 is 18.9 Å². The average Bonchev–Trinajstić information content (AvgIpc) is 2.83. The van der Waals surface area contributed by atoms with Crippen LogP contribution in [0.4, 0.5) is 0 Å². The van der Waals surface area contributed by atoms with Gasteiger partial charge in [0.05, 0.1) is 13.2 Å². The number of benzene rings is 2. The molecule has 0 radical (unpaired) electrons. The first-order valence-electron chi connectivity index (χ1n) is 12.6. The molecule has 0 saturated heterocycles. The second kappa shape index (κ2) is 14.1. The van der Waals surface area contributed by atoms with E-state index in [4.69, 9.17) is 18.9 Å². The van der Waals surface area contributed by atoms with E-state index >= 15 is 0 Å². The molecule has 0 bridgehead atoms. The van der Waals surface area contributed by atoms with Gasteiger partial charge in [0.15, 0.2) is 0 Å². The van der Waals surface area contributed by atoms with E-state index in [9.17, 15) is 0 Å². The maximum Gasteiger partial charge on any atom is 0.130 e. The fourth-order valence-corrected chi connectivity index (χ4v) is 4.34. The van der Waals surface area contributed by atoms with Gasteiger partial charge in [0.25, 0.3) is 0 Å². The highest BCUT2D eigenvalue weighted by atomic mass is 16.5. The van der Waals surface area contributed by atoms with Crippen LogP contribution >= 0.6 is 0 Å². The van der Waals surface area contributed by atoms with Crippen LogP contribution in [0.5, 0.6) is 11.5 Å². The SMILES string of the molecule is CC=Cc1c(C)ccc(C(C)(C)c2ccc(C)c(C=CC)c2OCCCOC)c1OCCCOC. The summed E-state index contributed by atoms with van der Waals surface area (Å²) in [6.45, 7) is 15.4. The van der Waals surface area contributed by atoms with Gasteiger partial charge in [-0.3, -0.25) is 0 Å². The van der Waals surface area contributed by atoms with Gasteiger partial charge < -0.3 is 18.9 Å². The third-order valence-electron chi connectivity index (χ3n) is 6.32. The number of aryl methyl sites for hydroxylation is 2. The van der Waals surface area contributed by atoms with Crippen LogP contribution in [0.2, 0.25) is 0 Å². The van der Waals surface area contributed by atoms with Crippen molar-refractivity contribution in [1.82, 2.24) is 0 Å². The molecule has 4 nitrogen and oxygen atoms in total. The standard InChI is InChI=1S/C31H44O4/c1-9-13-25-23(3)15-17-27(29(25)34-21-11-19-32-7)31(5,6)28-18-16-24(4)26(14-10-2)30(28)35-22-12-20-33-8/h9-10,13-18H,11-12,19-22H2,1-8H3. The maximum absolute atomic E-state index is 6.46. The van der Waals surface area contributed by atoms with Crippen LogP contribution in [0.3, 0.4) is 0 Å². The molecule has 35 heavy (non-hydrogen) atoms. The number of rotatable bonds is 14. The highest BCUT2D eigenvalue weighted by Crippen LogP contribution is 2.45. The van der Waals surface area contributed by atoms with Crippen LogP contribution in [-0.4, -0.2) is 40.6 Å². The number of hydrogen-bond donors (Lipinski definition) is 0. The fourth-order valence-electron chi connectivity index (χ4n) is 4.34. The van der Waals surface area contributed by atoms with Crippen molar-refractivity contribution in [1.29, 1.82) is 0 Å². The predicted molar refractivity (Wildman–Crippen MR) is 148 cm³/mol. The lowest BCUT2D eigenvalue weighted by atomic mass is 9.75. The molecule has 192 valence electrons. The topological polar surface area (TPSA) is 36.9 Å². The van der Waals surface area contributed by atoms with Crippen molar-refractivity contribution in [2.45, 2.75) is 59.8 Å². The fraction of sp³-hybridized carbons (Fsp3) is 0.484. The lowest BCUT2D eigenvalue weighted by Crippen LogP contribution is -2.23. The number of allylic oxidation sites excluding steroid dienone is 2. The molecule has 0 aliphatic rings. The van der Waals surface area contributed by atoms with Gasteiger partial charge in [-0.2, -0.15) is 0 Å². The molecule has 4 heteroatoms. The summed E-state index contributed by atoms with van der Waals surface area (Å²) < 4.78 is 23.4. The van der Waals surface area contributed by atoms with Gasteiger partial charge in [-0.25, -0.2) is 0 Å². The molecule has 0 heterocycles. The Morgan fingerprint density at radius 1 is 0.657 bits per heavy atom. The van der Waals surface area contributed by atoms with Crippen LogP contribution < -0.4 is 9.47 Å². The Hall–Kier alpha value is -2.56. The van der Waals surface area contributed by atoms with E-state index in [-0.39, 0.29) is 5.41 Å². The Morgan fingerprint density at radius 2 is 1.06 bits per heavy atom. The lowest BCUT2D eigenvalue weighted by Gasteiger charge is -2.32. The molecule has 0 N–H and O–H groups in total. The number of hydrogen-bond acceptors (Lipinski definition) is 4. The van der Waals surface area contributed by atoms with Gasteiger partial charge in [0, 0.05) is 67.9 Å². The quantitative estimate of drug-likeness (QED) is 0.262. The minimum Gasteiger partial charge on any atom is -0.493 e. The van der Waals surface area contributed by atoms with Gasteiger partial charge in [-0.05, 0) is 38.8 Å². The van der Waals surface area contributed by atoms with E-state index in [0.29, 0.717) is 26.4 Å². The van der Waals surface area contributed by atoms with Gasteiger partial charge in [0.2, 0.25) is 0 Å². The average molecular weight is 481 g/mol. The molecule has 2 rings (SSSR count). The molecule has 0 aromatic heterocycles. The summed E-state index contributed by atoms with van der Waals surface area (Å²) in [5, 5.41) is 0. The summed E-state index contributed by atoms with van der Waals surface area (Å²) in [6, 6.07) is 8.79. The van der Waals surface area contributed by atoms with E-state index in [1.807, 2.05) is 13.8 Å². The van der Waals surface area contributed by atoms with Crippen LogP contribution in [0.15, 0.2) is 36.4 Å². The molecule has 0 saturated carbocycles. The smallest absolute Gasteiger partial charge is 0.130 e. The lowest BCUT2D eigenvalue weighted by molar-refractivity contribution is 0.170. The second-order valence-corrected chi connectivity index (χ2v) is 9.36. The number of methoxy groups -OCH3 is 2. The first-order valence-corrected chi connectivity index (χ1v) is 12.6. The van der Waals surface area contributed by atoms with Crippen molar-refractivity contribution >= 4 is 12.2 Å². The Labute approximate surface area is 212 Å². The molecule has 0 aliphatic heterocycles. The van der Waals surface area contributed by atoms with Crippen molar-refractivity contribution in [3.05, 3.63) is 69.8 Å². The third kappa shape index (κ3) is 7.22. The molecule has 0 atom stereocenters. The molecular weight excluding hydrogens is 436 g/mol. The minimum absolute atomic E-state index is 0.360. The molecule has 2 aromatic carbocycles. The van der Waals surface area contributed by atoms with Gasteiger partial charge in [-0.1, -0.05) is 62.4 Å². The first-order chi connectivity index (χ1) is 16.8. The Kier molecular flexibility index (Phi) is 11.6. The Bertz CT molecular complexity index is 922. The van der Waals surface area contributed by atoms with E-state index in [1.165, 1.54) is 11.1 Å². The summed E-state index contributed by atoms with van der Waals surface area (Å²) in [6.07, 6.45) is 10.1. The van der Waals surface area contributed by atoms with Crippen LogP contribution in [-0.2, 0) is 14.9 Å². The molecule has 0 spiro atoms. The molecule has 0 aliphatic carbocycles. The van der Waals surface area contributed by atoms with Gasteiger partial charge >= 0.3 is 0 Å². The van der Waals surface area contributed by atoms with Crippen molar-refractivity contribution in [2.24, 2.45) is 0 Å². The summed E-state index contributed by atoms with van der Waals surface area (Å²) in [7, 11) is 3.45. The first kappa shape index (κ1) is 28.7. The van der Waals surface area contributed by atoms with Gasteiger partial charge in [-0.15, -0.1) is 0 Å². The number of ether oxygens (including phenoxy) is 4. The summed E-state index contributed by atoms with van der Waals surface area (Å²) in [4.78, 5) is 0. The molecule has 0 fully saturated rings. The Morgan fingerprint density at radius 3 is 1.40 bits per heavy atom. The van der Waals surface area contributed by atoms with E-state index in [0.717, 1.165) is 46.6 Å². The molecule has 0 unspecified atom stereocenters. The van der Waals surface area contributed by atoms with Crippen molar-refractivity contribution in [3.8, 4) is 11.5 Å². The van der Waals surface area contributed by atoms with Crippen LogP contribution in [0, 0.1) is 13.8 Å². The third-order valence-corrected chi connectivity index (χ3v) is 6.32. The highest BCUT2D eigenvalue weighted by molar-refractivity contribution is 5.69. The summed E-state index contributed by atoms with van der Waals surface area (Å²) in [5.74, 6) is 1.87. The zero-order valence-corrected chi connectivity index (χ0v) is 23.0. The minimum atomic E-state index is -0.360. The molecule has 2 aromatic rings. The predicted octanol–water partition coefficient (Wildman–Crippen LogP) is 7.53. The molecule has 0 amide bonds. The zero-order chi connectivity index (χ0) is 25.8. The van der Waals surface area contributed by atoms with E-state index in [1.54, 1.807) is 14.2 Å². The second-order valence-electron chi connectivity index (χ2n) is 9.36. The van der Waals surface area contributed by atoms with Crippen LogP contribution in [0.1, 0.15) is 73.9 Å². The van der Waals surface area contributed by atoms with E-state index < -0.39 is 0 Å². The normalized spacial score (nSPS) is 12.1. The monoisotopic (exact) mass is 480 g/mol. The maximum atomic E-state index is 6.46. The molecular formula is C31H44O4.